The summed E-state index contributed by atoms with van der Waals surface area (Å²) in [7, 11) is 1.74. The fourth-order valence-electron chi connectivity index (χ4n) is 2.71. The second-order valence-electron chi connectivity index (χ2n) is 5.55. The van der Waals surface area contributed by atoms with Gasteiger partial charge >= 0.3 is 0 Å². The van der Waals surface area contributed by atoms with Crippen LogP contribution in [-0.4, -0.2) is 62.1 Å². The Morgan fingerprint density at radius 1 is 1.14 bits per heavy atom. The van der Waals surface area contributed by atoms with Crippen LogP contribution in [0.15, 0.2) is 30.3 Å². The molecule has 1 amide bonds. The topological polar surface area (TPSA) is 32.8 Å². The number of carbonyl (C=O) groups excluding carboxylic acids is 1. The number of carbonyl (C=O) groups is 1. The van der Waals surface area contributed by atoms with E-state index in [1.165, 1.54) is 5.56 Å². The summed E-state index contributed by atoms with van der Waals surface area (Å²) in [4.78, 5) is 16.7. The molecule has 1 aromatic carbocycles. The van der Waals surface area contributed by atoms with Crippen molar-refractivity contribution in [1.82, 2.24) is 9.80 Å². The van der Waals surface area contributed by atoms with Crippen LogP contribution in [0.4, 0.5) is 0 Å². The Balaban J connectivity index is 1.66. The lowest BCUT2D eigenvalue weighted by molar-refractivity contribution is -0.132. The minimum atomic E-state index is 0.287. The van der Waals surface area contributed by atoms with E-state index in [1.54, 1.807) is 7.11 Å². The summed E-state index contributed by atoms with van der Waals surface area (Å²) >= 11 is 0. The summed E-state index contributed by atoms with van der Waals surface area (Å²) in [5, 5.41) is 0. The highest BCUT2D eigenvalue weighted by atomic mass is 16.5. The quantitative estimate of drug-likeness (QED) is 0.718. The molecule has 1 heterocycles. The first-order valence-corrected chi connectivity index (χ1v) is 7.82. The number of nitrogens with zero attached hydrogens (tertiary/aromatic N) is 2. The van der Waals surface area contributed by atoms with Gasteiger partial charge in [-0.25, -0.2) is 0 Å². The molecule has 0 radical (unpaired) electrons. The molecule has 1 aliphatic rings. The van der Waals surface area contributed by atoms with Crippen molar-refractivity contribution in [1.29, 1.82) is 0 Å². The van der Waals surface area contributed by atoms with Crippen LogP contribution in [0, 0.1) is 0 Å². The van der Waals surface area contributed by atoms with Crippen molar-refractivity contribution in [3.63, 3.8) is 0 Å². The third kappa shape index (κ3) is 5.48. The molecule has 0 N–H and O–H groups in total. The van der Waals surface area contributed by atoms with E-state index in [2.05, 4.69) is 17.0 Å². The van der Waals surface area contributed by atoms with Gasteiger partial charge in [0.25, 0.3) is 0 Å². The van der Waals surface area contributed by atoms with E-state index in [1.807, 2.05) is 23.1 Å². The molecular formula is C17H26N2O2. The molecule has 1 fully saturated rings. The molecule has 0 aromatic heterocycles. The molecule has 1 aromatic rings. The maximum atomic E-state index is 12.2. The molecule has 0 unspecified atom stereocenters. The molecular weight excluding hydrogens is 264 g/mol. The van der Waals surface area contributed by atoms with Crippen LogP contribution in [0.25, 0.3) is 0 Å². The summed E-state index contributed by atoms with van der Waals surface area (Å²) in [6.45, 7) is 5.58. The van der Waals surface area contributed by atoms with Crippen molar-refractivity contribution in [3.8, 4) is 0 Å². The third-order valence-corrected chi connectivity index (χ3v) is 4.02. The van der Waals surface area contributed by atoms with E-state index in [0.717, 1.165) is 52.2 Å². The fourth-order valence-corrected chi connectivity index (χ4v) is 2.71. The third-order valence-electron chi connectivity index (χ3n) is 4.02. The zero-order valence-corrected chi connectivity index (χ0v) is 13.0. The predicted octanol–water partition coefficient (Wildman–Crippen LogP) is 1.80. The van der Waals surface area contributed by atoms with Gasteiger partial charge in [-0.15, -0.1) is 0 Å². The fraction of sp³-hybridized carbons (Fsp3) is 0.588. The second kappa shape index (κ2) is 8.80. The summed E-state index contributed by atoms with van der Waals surface area (Å²) in [6, 6.07) is 10.2. The minimum Gasteiger partial charge on any atom is -0.385 e. The van der Waals surface area contributed by atoms with Crippen LogP contribution >= 0.6 is 0 Å². The highest BCUT2D eigenvalue weighted by Gasteiger charge is 2.20. The molecule has 4 nitrogen and oxygen atoms in total. The van der Waals surface area contributed by atoms with Crippen molar-refractivity contribution < 1.29 is 9.53 Å². The molecule has 0 spiro atoms. The Hall–Kier alpha value is -1.39. The zero-order valence-electron chi connectivity index (χ0n) is 13.0. The monoisotopic (exact) mass is 290 g/mol. The van der Waals surface area contributed by atoms with Crippen molar-refractivity contribution in [2.75, 3.05) is 46.4 Å². The zero-order chi connectivity index (χ0) is 14.9. The van der Waals surface area contributed by atoms with Crippen LogP contribution in [0.2, 0.25) is 0 Å². The molecule has 2 rings (SSSR count). The molecule has 0 bridgehead atoms. The number of methoxy groups -OCH3 is 1. The van der Waals surface area contributed by atoms with Crippen LogP contribution < -0.4 is 0 Å². The van der Waals surface area contributed by atoms with Gasteiger partial charge in [-0.1, -0.05) is 30.3 Å². The van der Waals surface area contributed by atoms with Gasteiger partial charge in [0.15, 0.2) is 0 Å². The Kier molecular flexibility index (Phi) is 6.70. The Labute approximate surface area is 127 Å². The normalized spacial score (nSPS) is 16.1. The first kappa shape index (κ1) is 16.0. The van der Waals surface area contributed by atoms with Crippen molar-refractivity contribution in [2.24, 2.45) is 0 Å². The largest absolute Gasteiger partial charge is 0.385 e. The summed E-state index contributed by atoms with van der Waals surface area (Å²) in [5.41, 5.74) is 1.24. The highest BCUT2D eigenvalue weighted by Crippen LogP contribution is 2.08. The smallest absolute Gasteiger partial charge is 0.222 e. The van der Waals surface area contributed by atoms with E-state index >= 15 is 0 Å². The standard InChI is InChI=1S/C17H26N2O2/c1-21-15-5-10-18-11-13-19(14-12-18)17(20)9-8-16-6-3-2-4-7-16/h2-4,6-7H,5,8-15H2,1H3. The Morgan fingerprint density at radius 2 is 1.86 bits per heavy atom. The lowest BCUT2D eigenvalue weighted by Crippen LogP contribution is -2.49. The van der Waals surface area contributed by atoms with Gasteiger partial charge in [-0.05, 0) is 18.4 Å². The van der Waals surface area contributed by atoms with Gasteiger partial charge < -0.3 is 9.64 Å². The molecule has 0 saturated carbocycles. The van der Waals surface area contributed by atoms with E-state index in [-0.39, 0.29) is 5.91 Å². The Bertz CT molecular complexity index is 414. The number of rotatable bonds is 7. The van der Waals surface area contributed by atoms with E-state index in [4.69, 9.17) is 4.74 Å². The number of ether oxygens (including phenoxy) is 1. The summed E-state index contributed by atoms with van der Waals surface area (Å²) < 4.78 is 5.08. The van der Waals surface area contributed by atoms with Crippen molar-refractivity contribution in [2.45, 2.75) is 19.3 Å². The maximum absolute atomic E-state index is 12.2. The molecule has 1 saturated heterocycles. The lowest BCUT2D eigenvalue weighted by Gasteiger charge is -2.34. The first-order chi connectivity index (χ1) is 10.3. The number of aryl methyl sites for hydroxylation is 1. The lowest BCUT2D eigenvalue weighted by atomic mass is 10.1. The molecule has 21 heavy (non-hydrogen) atoms. The van der Waals surface area contributed by atoms with Crippen LogP contribution in [-0.2, 0) is 16.0 Å². The average Bonchev–Trinajstić information content (AvgIpc) is 2.54. The summed E-state index contributed by atoms with van der Waals surface area (Å²) in [6.07, 6.45) is 2.53. The number of amides is 1. The number of hydrogen-bond donors (Lipinski definition) is 0. The van der Waals surface area contributed by atoms with Crippen molar-refractivity contribution in [3.05, 3.63) is 35.9 Å². The van der Waals surface area contributed by atoms with Gasteiger partial charge in [0, 0.05) is 52.9 Å². The molecule has 1 aliphatic heterocycles. The van der Waals surface area contributed by atoms with Crippen LogP contribution in [0.3, 0.4) is 0 Å². The highest BCUT2D eigenvalue weighted by molar-refractivity contribution is 5.76. The van der Waals surface area contributed by atoms with Gasteiger partial charge in [-0.3, -0.25) is 9.69 Å². The SMILES string of the molecule is COCCCN1CCN(C(=O)CCc2ccccc2)CC1. The minimum absolute atomic E-state index is 0.287. The van der Waals surface area contributed by atoms with Gasteiger partial charge in [0.05, 0.1) is 0 Å². The van der Waals surface area contributed by atoms with Crippen molar-refractivity contribution >= 4 is 5.91 Å². The summed E-state index contributed by atoms with van der Waals surface area (Å²) in [5.74, 6) is 0.287. The predicted molar refractivity (Wildman–Crippen MR) is 84.3 cm³/mol. The average molecular weight is 290 g/mol. The number of hydrogen-bond acceptors (Lipinski definition) is 3. The van der Waals surface area contributed by atoms with E-state index in [0.29, 0.717) is 6.42 Å². The van der Waals surface area contributed by atoms with Gasteiger partial charge in [0.2, 0.25) is 5.91 Å². The second-order valence-corrected chi connectivity index (χ2v) is 5.55. The number of benzene rings is 1. The molecule has 116 valence electrons. The van der Waals surface area contributed by atoms with Crippen LogP contribution in [0.5, 0.6) is 0 Å². The van der Waals surface area contributed by atoms with E-state index in [9.17, 15) is 4.79 Å². The first-order valence-electron chi connectivity index (χ1n) is 7.82. The van der Waals surface area contributed by atoms with Crippen LogP contribution in [0.1, 0.15) is 18.4 Å². The number of piperazine rings is 1. The van der Waals surface area contributed by atoms with E-state index < -0.39 is 0 Å². The molecule has 0 aliphatic carbocycles. The van der Waals surface area contributed by atoms with Gasteiger partial charge in [-0.2, -0.15) is 0 Å². The molecule has 0 atom stereocenters. The van der Waals surface area contributed by atoms with Gasteiger partial charge in [0.1, 0.15) is 0 Å². The Morgan fingerprint density at radius 3 is 2.52 bits per heavy atom. The molecule has 4 heteroatoms. The maximum Gasteiger partial charge on any atom is 0.222 e.